The summed E-state index contributed by atoms with van der Waals surface area (Å²) in [5.41, 5.74) is 0. The maximum Gasteiger partial charge on any atom is 0.547 e. The summed E-state index contributed by atoms with van der Waals surface area (Å²) in [5, 5.41) is 8.46. The van der Waals surface area contributed by atoms with Gasteiger partial charge in [-0.05, 0) is 0 Å². The number of halogens is 3. The van der Waals surface area contributed by atoms with E-state index in [2.05, 4.69) is 15.6 Å². The molecule has 0 aliphatic heterocycles. The van der Waals surface area contributed by atoms with E-state index in [4.69, 9.17) is 0 Å². The molecule has 0 aliphatic rings. The van der Waals surface area contributed by atoms with Gasteiger partial charge in [0.25, 0.3) is 0 Å². The third kappa shape index (κ3) is 1.04. The predicted molar refractivity (Wildman–Crippen MR) is 20.3 cm³/mol. The van der Waals surface area contributed by atoms with Gasteiger partial charge in [-0.25, -0.2) is 0 Å². The molecule has 56 valence electrons. The van der Waals surface area contributed by atoms with Crippen molar-refractivity contribution in [3.8, 4) is 0 Å². The molecule has 0 atom stereocenters. The van der Waals surface area contributed by atoms with Crippen molar-refractivity contribution in [2.45, 2.75) is 6.30 Å². The van der Waals surface area contributed by atoms with Crippen LogP contribution in [0.1, 0.15) is 0 Å². The number of nitrogens with zero attached hydrogens (tertiary/aromatic N) is 5. The Bertz CT molecular complexity index is 225. The Morgan fingerprint density at radius 1 is 1.40 bits per heavy atom. The minimum Gasteiger partial charge on any atom is -0.146 e. The Hall–Kier alpha value is -1.21. The summed E-state index contributed by atoms with van der Waals surface area (Å²) in [4.78, 5) is 0.201. The van der Waals surface area contributed by atoms with Gasteiger partial charge in [0.2, 0.25) is 10.4 Å². The maximum atomic E-state index is 11.7. The minimum atomic E-state index is -4.54. The smallest absolute Gasteiger partial charge is 0.146 e. The van der Waals surface area contributed by atoms with E-state index in [1.54, 1.807) is 0 Å². The molecule has 0 unspecified atom stereocenters. The SMILES string of the molecule is C[n+]1nnnn1C(F)(F)F. The fourth-order valence-corrected chi connectivity index (χ4v) is 0.424. The second-order valence-electron chi connectivity index (χ2n) is 1.52. The molecule has 0 fully saturated rings. The van der Waals surface area contributed by atoms with E-state index in [0.29, 0.717) is 4.80 Å². The van der Waals surface area contributed by atoms with E-state index in [0.717, 1.165) is 7.05 Å². The highest BCUT2D eigenvalue weighted by atomic mass is 19.4. The first kappa shape index (κ1) is 6.90. The van der Waals surface area contributed by atoms with Crippen LogP contribution in [-0.2, 0) is 13.3 Å². The lowest BCUT2D eigenvalue weighted by atomic mass is 11.2. The largest absolute Gasteiger partial charge is 0.547 e. The van der Waals surface area contributed by atoms with Gasteiger partial charge in [0, 0.05) is 0 Å². The molecule has 10 heavy (non-hydrogen) atoms. The van der Waals surface area contributed by atoms with Gasteiger partial charge in [-0.1, -0.05) is 4.80 Å². The van der Waals surface area contributed by atoms with Gasteiger partial charge < -0.3 is 0 Å². The zero-order valence-electron chi connectivity index (χ0n) is 4.87. The summed E-state index contributed by atoms with van der Waals surface area (Å²) in [6.07, 6.45) is -4.54. The van der Waals surface area contributed by atoms with Crippen LogP contribution in [0.25, 0.3) is 0 Å². The summed E-state index contributed by atoms with van der Waals surface area (Å²) >= 11 is 0. The van der Waals surface area contributed by atoms with Crippen molar-refractivity contribution in [3.05, 3.63) is 0 Å². The average Bonchev–Trinajstić information content (AvgIpc) is 2.11. The zero-order chi connectivity index (χ0) is 7.78. The molecule has 0 bridgehead atoms. The summed E-state index contributed by atoms with van der Waals surface area (Å²) in [7, 11) is 1.09. The van der Waals surface area contributed by atoms with Gasteiger partial charge in [-0.3, -0.25) is 0 Å². The van der Waals surface area contributed by atoms with Crippen LogP contribution in [0.15, 0.2) is 0 Å². The minimum absolute atomic E-state index is 0.285. The molecule has 1 heterocycles. The van der Waals surface area contributed by atoms with Gasteiger partial charge in [-0.2, -0.15) is 0 Å². The molecule has 0 saturated heterocycles. The van der Waals surface area contributed by atoms with Gasteiger partial charge in [0.15, 0.2) is 0 Å². The summed E-state index contributed by atoms with van der Waals surface area (Å²) < 4.78 is 35.0. The van der Waals surface area contributed by atoms with Crippen LogP contribution in [-0.4, -0.2) is 20.4 Å². The lowest BCUT2D eigenvalue weighted by Crippen LogP contribution is -2.47. The van der Waals surface area contributed by atoms with Crippen molar-refractivity contribution in [1.29, 1.82) is 0 Å². The highest BCUT2D eigenvalue weighted by molar-refractivity contribution is 4.25. The fourth-order valence-electron chi connectivity index (χ4n) is 0.424. The molecule has 1 aromatic rings. The van der Waals surface area contributed by atoms with Gasteiger partial charge >= 0.3 is 6.30 Å². The van der Waals surface area contributed by atoms with Gasteiger partial charge in [0.1, 0.15) is 12.3 Å². The number of aromatic nitrogens is 5. The summed E-state index contributed by atoms with van der Waals surface area (Å²) in [5.74, 6) is 0. The number of hydrogen-bond donors (Lipinski definition) is 0. The van der Waals surface area contributed by atoms with E-state index in [1.165, 1.54) is 0 Å². The topological polar surface area (TPSA) is 47.5 Å². The normalized spacial score (nSPS) is 12.0. The number of rotatable bonds is 0. The lowest BCUT2D eigenvalue weighted by molar-refractivity contribution is -0.829. The van der Waals surface area contributed by atoms with Gasteiger partial charge in [0.05, 0.1) is 4.80 Å². The van der Waals surface area contributed by atoms with E-state index in [-0.39, 0.29) is 4.80 Å². The highest BCUT2D eigenvalue weighted by Gasteiger charge is 2.40. The molecular weight excluding hydrogens is 151 g/mol. The van der Waals surface area contributed by atoms with Crippen molar-refractivity contribution in [1.82, 2.24) is 20.4 Å². The van der Waals surface area contributed by atoms with Crippen LogP contribution in [0, 0.1) is 0 Å². The quantitative estimate of drug-likeness (QED) is 0.449. The van der Waals surface area contributed by atoms with E-state index in [1.807, 2.05) is 0 Å². The molecule has 0 aliphatic carbocycles. The Labute approximate surface area is 53.0 Å². The summed E-state index contributed by atoms with van der Waals surface area (Å²) in [6.45, 7) is 0. The first-order chi connectivity index (χ1) is 4.52. The number of hydrogen-bond acceptors (Lipinski definition) is 3. The van der Waals surface area contributed by atoms with Crippen LogP contribution < -0.4 is 4.80 Å². The molecule has 1 aromatic heterocycles. The Morgan fingerprint density at radius 3 is 2.20 bits per heavy atom. The molecule has 0 radical (unpaired) electrons. The standard InChI is InChI=1S/C2H3F3N5/c1-9-7-6-8-10(9)2(3,4)5/h1H3/q+1. The predicted octanol–water partition coefficient (Wildman–Crippen LogP) is -1.03. The average molecular weight is 154 g/mol. The van der Waals surface area contributed by atoms with Crippen LogP contribution in [0.3, 0.4) is 0 Å². The Kier molecular flexibility index (Phi) is 1.30. The summed E-state index contributed by atoms with van der Waals surface area (Å²) in [6, 6.07) is 0. The van der Waals surface area contributed by atoms with Crippen molar-refractivity contribution < 1.29 is 18.0 Å². The Balaban J connectivity index is 3.05. The molecular formula is C2H3F3N5+. The number of aryl methyl sites for hydroxylation is 1. The molecule has 1 rings (SSSR count). The van der Waals surface area contributed by atoms with Crippen LogP contribution >= 0.6 is 0 Å². The van der Waals surface area contributed by atoms with Crippen LogP contribution in [0.2, 0.25) is 0 Å². The van der Waals surface area contributed by atoms with Gasteiger partial charge in [-0.15, -0.1) is 13.2 Å². The molecule has 0 aromatic carbocycles. The van der Waals surface area contributed by atoms with Crippen LogP contribution in [0.4, 0.5) is 13.2 Å². The third-order valence-corrected chi connectivity index (χ3v) is 0.795. The molecule has 0 saturated carbocycles. The monoisotopic (exact) mass is 154 g/mol. The Morgan fingerprint density at radius 2 is 2.00 bits per heavy atom. The zero-order valence-corrected chi connectivity index (χ0v) is 4.87. The second-order valence-corrected chi connectivity index (χ2v) is 1.52. The van der Waals surface area contributed by atoms with E-state index in [9.17, 15) is 13.2 Å². The first-order valence-corrected chi connectivity index (χ1v) is 2.24. The van der Waals surface area contributed by atoms with Crippen molar-refractivity contribution >= 4 is 0 Å². The molecule has 0 spiro atoms. The number of alkyl halides is 3. The van der Waals surface area contributed by atoms with Crippen molar-refractivity contribution in [3.63, 3.8) is 0 Å². The highest BCUT2D eigenvalue weighted by Crippen LogP contribution is 2.16. The fraction of sp³-hybridized carbons (Fsp3) is 1.00. The molecule has 8 heteroatoms. The van der Waals surface area contributed by atoms with Crippen molar-refractivity contribution in [2.75, 3.05) is 0 Å². The molecule has 0 N–H and O–H groups in total. The van der Waals surface area contributed by atoms with E-state index >= 15 is 0 Å². The maximum absolute atomic E-state index is 11.7. The van der Waals surface area contributed by atoms with Crippen LogP contribution in [0.5, 0.6) is 0 Å². The van der Waals surface area contributed by atoms with Crippen molar-refractivity contribution in [2.24, 2.45) is 7.05 Å². The van der Waals surface area contributed by atoms with E-state index < -0.39 is 6.30 Å². The molecule has 0 amide bonds. The lowest BCUT2D eigenvalue weighted by Gasteiger charge is -1.97. The second kappa shape index (κ2) is 1.89. The third-order valence-electron chi connectivity index (χ3n) is 0.795. The first-order valence-electron chi connectivity index (χ1n) is 2.24. The molecule has 5 nitrogen and oxygen atoms in total.